The van der Waals surface area contributed by atoms with Crippen molar-refractivity contribution >= 4 is 53.4 Å². The van der Waals surface area contributed by atoms with Crippen LogP contribution in [0, 0.1) is 0 Å². The van der Waals surface area contributed by atoms with Crippen LogP contribution in [0.5, 0.6) is 0 Å². The standard InChI is InChI=1S/C51H31N3OS/c1-4-12-32(13-5-1)33-20-22-36(23-21-33)50-52-49(35-16-8-3-9-17-35)53-51(54-50)38-24-26-40-42-30-37(25-28-43(42)55-44(40)31-38)47-39(34-14-6-2-7-15-34)27-29-46-48(47)41-18-10-11-19-45(41)56-46/h1-31H. The highest BCUT2D eigenvalue weighted by Crippen LogP contribution is 2.46. The summed E-state index contributed by atoms with van der Waals surface area (Å²) >= 11 is 1.85. The number of aromatic nitrogens is 3. The molecule has 56 heavy (non-hydrogen) atoms. The number of furan rings is 1. The van der Waals surface area contributed by atoms with Crippen molar-refractivity contribution in [3.8, 4) is 67.5 Å². The predicted molar refractivity (Wildman–Crippen MR) is 233 cm³/mol. The zero-order valence-electron chi connectivity index (χ0n) is 30.1. The molecule has 0 unspecified atom stereocenters. The molecule has 3 aromatic heterocycles. The Balaban J connectivity index is 1.04. The SMILES string of the molecule is c1ccc(-c2ccc(-c3nc(-c4ccccc4)nc(-c4ccc5c(c4)oc4ccc(-c6c(-c7ccccc7)ccc7sc8ccccc8c67)cc45)n3)cc2)cc1. The van der Waals surface area contributed by atoms with Crippen LogP contribution in [0.2, 0.25) is 0 Å². The van der Waals surface area contributed by atoms with Crippen LogP contribution in [0.3, 0.4) is 0 Å². The van der Waals surface area contributed by atoms with E-state index in [4.69, 9.17) is 19.4 Å². The monoisotopic (exact) mass is 733 g/mol. The van der Waals surface area contributed by atoms with Crippen LogP contribution in [-0.2, 0) is 0 Å². The van der Waals surface area contributed by atoms with Gasteiger partial charge in [0.25, 0.3) is 0 Å². The van der Waals surface area contributed by atoms with Gasteiger partial charge in [0, 0.05) is 47.6 Å². The van der Waals surface area contributed by atoms with E-state index in [2.05, 4.69) is 152 Å². The summed E-state index contributed by atoms with van der Waals surface area (Å²) in [6.07, 6.45) is 0. The Morgan fingerprint density at radius 3 is 1.62 bits per heavy atom. The van der Waals surface area contributed by atoms with Crippen molar-refractivity contribution in [2.75, 3.05) is 0 Å². The normalized spacial score (nSPS) is 11.6. The van der Waals surface area contributed by atoms with Crippen LogP contribution in [0.4, 0.5) is 0 Å². The number of hydrogen-bond donors (Lipinski definition) is 0. The lowest BCUT2D eigenvalue weighted by Crippen LogP contribution is -2.00. The Morgan fingerprint density at radius 1 is 0.339 bits per heavy atom. The maximum Gasteiger partial charge on any atom is 0.164 e. The second kappa shape index (κ2) is 13.3. The number of fused-ring (bicyclic) bond motifs is 6. The molecule has 0 radical (unpaired) electrons. The molecule has 0 aliphatic heterocycles. The van der Waals surface area contributed by atoms with Crippen molar-refractivity contribution in [3.05, 3.63) is 188 Å². The summed E-state index contributed by atoms with van der Waals surface area (Å²) < 4.78 is 9.15. The summed E-state index contributed by atoms with van der Waals surface area (Å²) in [4.78, 5) is 15.0. The maximum atomic E-state index is 6.58. The molecule has 0 spiro atoms. The minimum atomic E-state index is 0.590. The van der Waals surface area contributed by atoms with Crippen LogP contribution in [0.25, 0.3) is 110 Å². The van der Waals surface area contributed by atoms with Gasteiger partial charge < -0.3 is 4.42 Å². The van der Waals surface area contributed by atoms with Gasteiger partial charge in [-0.15, -0.1) is 11.3 Å². The lowest BCUT2D eigenvalue weighted by atomic mass is 9.90. The molecule has 0 amide bonds. The molecule has 8 aromatic carbocycles. The fourth-order valence-corrected chi connectivity index (χ4v) is 8.95. The van der Waals surface area contributed by atoms with Gasteiger partial charge in [-0.2, -0.15) is 0 Å². The van der Waals surface area contributed by atoms with Crippen molar-refractivity contribution in [1.29, 1.82) is 0 Å². The fraction of sp³-hybridized carbons (Fsp3) is 0. The van der Waals surface area contributed by atoms with Gasteiger partial charge in [0.15, 0.2) is 17.5 Å². The van der Waals surface area contributed by atoms with Gasteiger partial charge in [0.05, 0.1) is 0 Å². The molecule has 0 bridgehead atoms. The molecule has 0 N–H and O–H groups in total. The third kappa shape index (κ3) is 5.56. The Kier molecular flexibility index (Phi) is 7.64. The fourth-order valence-electron chi connectivity index (χ4n) is 7.84. The van der Waals surface area contributed by atoms with E-state index in [0.29, 0.717) is 17.5 Å². The van der Waals surface area contributed by atoms with E-state index in [1.54, 1.807) is 0 Å². The van der Waals surface area contributed by atoms with Crippen molar-refractivity contribution < 1.29 is 4.42 Å². The van der Waals surface area contributed by atoms with Gasteiger partial charge in [0.2, 0.25) is 0 Å². The van der Waals surface area contributed by atoms with Crippen molar-refractivity contribution in [2.45, 2.75) is 0 Å². The number of hydrogen-bond acceptors (Lipinski definition) is 5. The molecule has 11 rings (SSSR count). The molecule has 3 heterocycles. The minimum absolute atomic E-state index is 0.590. The molecule has 4 nitrogen and oxygen atoms in total. The second-order valence-corrected chi connectivity index (χ2v) is 15.0. The Morgan fingerprint density at radius 2 is 0.893 bits per heavy atom. The Labute approximate surface area is 327 Å². The molecule has 0 fully saturated rings. The van der Waals surface area contributed by atoms with Crippen LogP contribution < -0.4 is 0 Å². The first-order valence-electron chi connectivity index (χ1n) is 18.7. The van der Waals surface area contributed by atoms with Crippen molar-refractivity contribution in [3.63, 3.8) is 0 Å². The number of thiophene rings is 1. The van der Waals surface area contributed by atoms with E-state index in [-0.39, 0.29) is 0 Å². The first kappa shape index (κ1) is 32.2. The Hall–Kier alpha value is -7.21. The van der Waals surface area contributed by atoms with E-state index in [1.165, 1.54) is 42.4 Å². The Bertz CT molecular complexity index is 3230. The maximum absolute atomic E-state index is 6.58. The number of nitrogens with zero attached hydrogens (tertiary/aromatic N) is 3. The minimum Gasteiger partial charge on any atom is -0.456 e. The van der Waals surface area contributed by atoms with E-state index in [1.807, 2.05) is 47.7 Å². The molecule has 11 aromatic rings. The van der Waals surface area contributed by atoms with E-state index in [0.717, 1.165) is 49.8 Å². The zero-order chi connectivity index (χ0) is 37.0. The van der Waals surface area contributed by atoms with Gasteiger partial charge in [-0.1, -0.05) is 152 Å². The van der Waals surface area contributed by atoms with E-state index >= 15 is 0 Å². The summed E-state index contributed by atoms with van der Waals surface area (Å²) in [5, 5.41) is 4.68. The molecule has 5 heteroatoms. The summed E-state index contributed by atoms with van der Waals surface area (Å²) in [6.45, 7) is 0. The van der Waals surface area contributed by atoms with Crippen molar-refractivity contribution in [2.24, 2.45) is 0 Å². The van der Waals surface area contributed by atoms with Gasteiger partial charge in [-0.3, -0.25) is 0 Å². The zero-order valence-corrected chi connectivity index (χ0v) is 30.9. The largest absolute Gasteiger partial charge is 0.456 e. The average molecular weight is 734 g/mol. The summed E-state index contributed by atoms with van der Waals surface area (Å²) in [7, 11) is 0. The summed E-state index contributed by atoms with van der Waals surface area (Å²) in [5.41, 5.74) is 11.4. The smallest absolute Gasteiger partial charge is 0.164 e. The molecule has 0 aliphatic carbocycles. The van der Waals surface area contributed by atoms with Gasteiger partial charge in [0.1, 0.15) is 11.2 Å². The van der Waals surface area contributed by atoms with Crippen molar-refractivity contribution in [1.82, 2.24) is 15.0 Å². The molecule has 0 aliphatic rings. The lowest BCUT2D eigenvalue weighted by molar-refractivity contribution is 0.669. The van der Waals surface area contributed by atoms with Gasteiger partial charge in [-0.05, 0) is 69.8 Å². The topological polar surface area (TPSA) is 51.8 Å². The first-order chi connectivity index (χ1) is 27.7. The molecular formula is C51H31N3OS. The second-order valence-electron chi connectivity index (χ2n) is 14.0. The van der Waals surface area contributed by atoms with Gasteiger partial charge in [-0.25, -0.2) is 15.0 Å². The quantitative estimate of drug-likeness (QED) is 0.171. The molecule has 0 saturated heterocycles. The number of benzene rings is 8. The average Bonchev–Trinajstić information content (AvgIpc) is 3.84. The third-order valence-corrected chi connectivity index (χ3v) is 11.7. The molecule has 0 atom stereocenters. The van der Waals surface area contributed by atoms with Crippen LogP contribution in [0.15, 0.2) is 192 Å². The third-order valence-electron chi connectivity index (χ3n) is 10.6. The van der Waals surface area contributed by atoms with E-state index < -0.39 is 0 Å². The molecule has 0 saturated carbocycles. The summed E-state index contributed by atoms with van der Waals surface area (Å²) in [6, 6.07) is 65.7. The summed E-state index contributed by atoms with van der Waals surface area (Å²) in [5.74, 6) is 1.83. The van der Waals surface area contributed by atoms with Crippen LogP contribution in [0.1, 0.15) is 0 Å². The highest BCUT2D eigenvalue weighted by atomic mass is 32.1. The van der Waals surface area contributed by atoms with E-state index in [9.17, 15) is 0 Å². The molecular weight excluding hydrogens is 703 g/mol. The van der Waals surface area contributed by atoms with Crippen LogP contribution >= 0.6 is 11.3 Å². The lowest BCUT2D eigenvalue weighted by Gasteiger charge is -2.13. The highest BCUT2D eigenvalue weighted by molar-refractivity contribution is 7.26. The highest BCUT2D eigenvalue weighted by Gasteiger charge is 2.19. The first-order valence-corrected chi connectivity index (χ1v) is 19.5. The predicted octanol–water partition coefficient (Wildman–Crippen LogP) is 14.1. The van der Waals surface area contributed by atoms with Crippen LogP contribution in [-0.4, -0.2) is 15.0 Å². The number of rotatable bonds is 6. The molecule has 262 valence electrons. The van der Waals surface area contributed by atoms with Gasteiger partial charge >= 0.3 is 0 Å².